The van der Waals surface area contributed by atoms with E-state index in [0.717, 1.165) is 45.6 Å². The smallest absolute Gasteiger partial charge is 0.242 e. The van der Waals surface area contributed by atoms with E-state index >= 15 is 0 Å². The number of nitrogens with zero attached hydrogens (tertiary/aromatic N) is 2. The Kier molecular flexibility index (Phi) is 4.26. The van der Waals surface area contributed by atoms with Gasteiger partial charge >= 0.3 is 0 Å². The van der Waals surface area contributed by atoms with Gasteiger partial charge in [-0.15, -0.1) is 6.42 Å². The summed E-state index contributed by atoms with van der Waals surface area (Å²) in [5.74, 6) is 2.93. The minimum absolute atomic E-state index is 0.266. The molecule has 0 saturated carbocycles. The van der Waals surface area contributed by atoms with Crippen molar-refractivity contribution in [2.24, 2.45) is 0 Å². The van der Waals surface area contributed by atoms with Gasteiger partial charge in [0.2, 0.25) is 5.91 Å². The standard InChI is InChI=1S/C14H23N3O/c1-3-8-16-9-11-17(12-10-16)13(18)14(2)6-4-5-7-15-14/h1,15H,4-12H2,2H3. The number of carbonyl (C=O) groups is 1. The second-order valence-electron chi connectivity index (χ2n) is 5.49. The summed E-state index contributed by atoms with van der Waals surface area (Å²) < 4.78 is 0. The van der Waals surface area contributed by atoms with E-state index in [2.05, 4.69) is 16.1 Å². The summed E-state index contributed by atoms with van der Waals surface area (Å²) in [5.41, 5.74) is -0.341. The van der Waals surface area contributed by atoms with Crippen LogP contribution in [0.1, 0.15) is 26.2 Å². The molecule has 1 N–H and O–H groups in total. The Morgan fingerprint density at radius 2 is 2.06 bits per heavy atom. The van der Waals surface area contributed by atoms with Crippen molar-refractivity contribution in [1.82, 2.24) is 15.1 Å². The molecule has 0 aliphatic carbocycles. The van der Waals surface area contributed by atoms with Crippen LogP contribution in [0, 0.1) is 12.3 Å². The normalized spacial score (nSPS) is 29.9. The van der Waals surface area contributed by atoms with Crippen LogP contribution in [0.25, 0.3) is 0 Å². The molecule has 2 aliphatic heterocycles. The number of nitrogens with one attached hydrogen (secondary N) is 1. The van der Waals surface area contributed by atoms with E-state index in [9.17, 15) is 4.79 Å². The van der Waals surface area contributed by atoms with Gasteiger partial charge in [-0.2, -0.15) is 0 Å². The predicted molar refractivity (Wildman–Crippen MR) is 72.1 cm³/mol. The van der Waals surface area contributed by atoms with Crippen molar-refractivity contribution >= 4 is 5.91 Å². The predicted octanol–water partition coefficient (Wildman–Crippen LogP) is 0.296. The molecule has 18 heavy (non-hydrogen) atoms. The van der Waals surface area contributed by atoms with Gasteiger partial charge in [0.05, 0.1) is 12.1 Å². The molecule has 0 aromatic carbocycles. The van der Waals surface area contributed by atoms with Crippen LogP contribution in [0.15, 0.2) is 0 Å². The van der Waals surface area contributed by atoms with E-state index < -0.39 is 0 Å². The molecule has 4 nitrogen and oxygen atoms in total. The first kappa shape index (κ1) is 13.4. The fraction of sp³-hybridized carbons (Fsp3) is 0.786. The highest BCUT2D eigenvalue weighted by Gasteiger charge is 2.38. The minimum atomic E-state index is -0.341. The highest BCUT2D eigenvalue weighted by atomic mass is 16.2. The van der Waals surface area contributed by atoms with Gasteiger partial charge in [-0.25, -0.2) is 0 Å². The van der Waals surface area contributed by atoms with E-state index in [1.165, 1.54) is 6.42 Å². The van der Waals surface area contributed by atoms with Crippen molar-refractivity contribution in [3.8, 4) is 12.3 Å². The molecule has 0 aromatic rings. The number of carbonyl (C=O) groups excluding carboxylic acids is 1. The maximum absolute atomic E-state index is 12.5. The zero-order valence-corrected chi connectivity index (χ0v) is 11.2. The van der Waals surface area contributed by atoms with Crippen LogP contribution < -0.4 is 5.32 Å². The Labute approximate surface area is 110 Å². The van der Waals surface area contributed by atoms with Crippen molar-refractivity contribution in [2.45, 2.75) is 31.7 Å². The third-order valence-electron chi connectivity index (χ3n) is 4.07. The molecule has 2 heterocycles. The molecule has 2 aliphatic rings. The van der Waals surface area contributed by atoms with Gasteiger partial charge in [0, 0.05) is 26.2 Å². The van der Waals surface area contributed by atoms with Crippen LogP contribution in [0.2, 0.25) is 0 Å². The molecule has 0 radical (unpaired) electrons. The fourth-order valence-electron chi connectivity index (χ4n) is 2.83. The van der Waals surface area contributed by atoms with E-state index in [4.69, 9.17) is 6.42 Å². The van der Waals surface area contributed by atoms with Gasteiger partial charge in [-0.1, -0.05) is 5.92 Å². The number of amides is 1. The monoisotopic (exact) mass is 249 g/mol. The van der Waals surface area contributed by atoms with Crippen molar-refractivity contribution in [3.05, 3.63) is 0 Å². The Balaban J connectivity index is 1.89. The number of hydrogen-bond acceptors (Lipinski definition) is 3. The third kappa shape index (κ3) is 2.85. The second kappa shape index (κ2) is 5.73. The lowest BCUT2D eigenvalue weighted by Gasteiger charge is -2.41. The maximum atomic E-state index is 12.5. The number of piperidine rings is 1. The molecule has 1 amide bonds. The molecule has 1 atom stereocenters. The van der Waals surface area contributed by atoms with Crippen molar-refractivity contribution < 1.29 is 4.79 Å². The molecule has 2 fully saturated rings. The van der Waals surface area contributed by atoms with Gasteiger partial charge in [-0.05, 0) is 32.7 Å². The van der Waals surface area contributed by atoms with Crippen molar-refractivity contribution in [3.63, 3.8) is 0 Å². The van der Waals surface area contributed by atoms with Crippen molar-refractivity contribution in [2.75, 3.05) is 39.3 Å². The molecule has 2 saturated heterocycles. The van der Waals surface area contributed by atoms with Gasteiger partial charge in [0.15, 0.2) is 0 Å². The molecule has 4 heteroatoms. The largest absolute Gasteiger partial charge is 0.339 e. The van der Waals surface area contributed by atoms with Crippen LogP contribution in [0.3, 0.4) is 0 Å². The first-order valence-electron chi connectivity index (χ1n) is 6.86. The highest BCUT2D eigenvalue weighted by molar-refractivity contribution is 5.86. The number of piperazine rings is 1. The molecular formula is C14H23N3O. The number of terminal acetylenes is 1. The molecule has 0 aromatic heterocycles. The Morgan fingerprint density at radius 3 is 2.61 bits per heavy atom. The van der Waals surface area contributed by atoms with E-state index in [0.29, 0.717) is 6.54 Å². The average Bonchev–Trinajstić information content (AvgIpc) is 2.40. The molecule has 2 rings (SSSR count). The minimum Gasteiger partial charge on any atom is -0.339 e. The summed E-state index contributed by atoms with van der Waals surface area (Å²) in [6.45, 7) is 7.09. The lowest BCUT2D eigenvalue weighted by Crippen LogP contribution is -2.61. The Bertz CT molecular complexity index is 333. The summed E-state index contributed by atoms with van der Waals surface area (Å²) >= 11 is 0. The lowest BCUT2D eigenvalue weighted by molar-refractivity contribution is -0.140. The van der Waals surface area contributed by atoms with Gasteiger partial charge in [0.25, 0.3) is 0 Å². The first-order valence-corrected chi connectivity index (χ1v) is 6.86. The van der Waals surface area contributed by atoms with Crippen LogP contribution in [0.4, 0.5) is 0 Å². The lowest BCUT2D eigenvalue weighted by atomic mass is 9.89. The van der Waals surface area contributed by atoms with Crippen LogP contribution in [0.5, 0.6) is 0 Å². The van der Waals surface area contributed by atoms with Gasteiger partial charge < -0.3 is 10.2 Å². The van der Waals surface area contributed by atoms with E-state index in [1.807, 2.05) is 11.8 Å². The third-order valence-corrected chi connectivity index (χ3v) is 4.07. The van der Waals surface area contributed by atoms with Crippen LogP contribution >= 0.6 is 0 Å². The Hall–Kier alpha value is -1.05. The maximum Gasteiger partial charge on any atom is 0.242 e. The van der Waals surface area contributed by atoms with Crippen LogP contribution in [-0.2, 0) is 4.79 Å². The average molecular weight is 249 g/mol. The molecular weight excluding hydrogens is 226 g/mol. The topological polar surface area (TPSA) is 35.6 Å². The second-order valence-corrected chi connectivity index (χ2v) is 5.49. The number of rotatable bonds is 2. The van der Waals surface area contributed by atoms with Gasteiger partial charge in [-0.3, -0.25) is 9.69 Å². The highest BCUT2D eigenvalue weighted by Crippen LogP contribution is 2.21. The molecule has 100 valence electrons. The quantitative estimate of drug-likeness (QED) is 0.715. The summed E-state index contributed by atoms with van der Waals surface area (Å²) in [4.78, 5) is 16.8. The molecule has 0 spiro atoms. The Morgan fingerprint density at radius 1 is 1.33 bits per heavy atom. The van der Waals surface area contributed by atoms with E-state index in [-0.39, 0.29) is 11.4 Å². The first-order chi connectivity index (χ1) is 8.65. The SMILES string of the molecule is C#CCN1CCN(C(=O)C2(C)CCCCN2)CC1. The van der Waals surface area contributed by atoms with Crippen molar-refractivity contribution in [1.29, 1.82) is 0 Å². The summed E-state index contributed by atoms with van der Waals surface area (Å²) in [5, 5.41) is 3.39. The fourth-order valence-corrected chi connectivity index (χ4v) is 2.83. The van der Waals surface area contributed by atoms with Gasteiger partial charge in [0.1, 0.15) is 0 Å². The van der Waals surface area contributed by atoms with Crippen LogP contribution in [-0.4, -0.2) is 60.5 Å². The summed E-state index contributed by atoms with van der Waals surface area (Å²) in [7, 11) is 0. The molecule has 1 unspecified atom stereocenters. The number of hydrogen-bond donors (Lipinski definition) is 1. The summed E-state index contributed by atoms with van der Waals surface area (Å²) in [6, 6.07) is 0. The summed E-state index contributed by atoms with van der Waals surface area (Å²) in [6.07, 6.45) is 8.59. The zero-order valence-electron chi connectivity index (χ0n) is 11.2. The van der Waals surface area contributed by atoms with E-state index in [1.54, 1.807) is 0 Å². The zero-order chi connectivity index (χ0) is 13.0. The molecule has 0 bridgehead atoms.